The summed E-state index contributed by atoms with van der Waals surface area (Å²) in [5.74, 6) is -3.59. The number of aliphatic hydroxyl groups excluding tert-OH is 3. The molecule has 7 N–H and O–H groups in total. The monoisotopic (exact) mass is 1220 g/mol. The molecule has 0 aromatic rings. The zero-order chi connectivity index (χ0) is 53.9. The van der Waals surface area contributed by atoms with Crippen LogP contribution in [0.3, 0.4) is 0 Å². The Hall–Kier alpha value is -1.08. The van der Waals surface area contributed by atoms with E-state index in [4.69, 9.17) is 82.5 Å². The lowest BCUT2D eigenvalue weighted by Crippen LogP contribution is -2.65. The Balaban J connectivity index is 0.640. The maximum Gasteiger partial charge on any atom is 0.308 e. The van der Waals surface area contributed by atoms with Gasteiger partial charge < -0.3 is 97.8 Å². The smallest absolute Gasteiger partial charge is 0.308 e. The van der Waals surface area contributed by atoms with E-state index in [0.29, 0.717) is 109 Å². The fourth-order valence-electron chi connectivity index (χ4n) is 17.2. The Labute approximate surface area is 474 Å². The number of aliphatic hydroxyl groups is 3. The van der Waals surface area contributed by atoms with Gasteiger partial charge in [-0.1, -0.05) is 35.7 Å². The third kappa shape index (κ3) is 9.80. The second-order valence-corrected chi connectivity index (χ2v) is 27.8. The van der Waals surface area contributed by atoms with Gasteiger partial charge in [-0.05, 0) is 62.5 Å². The first kappa shape index (κ1) is 54.6. The van der Waals surface area contributed by atoms with Crippen molar-refractivity contribution in [3.63, 3.8) is 0 Å². The van der Waals surface area contributed by atoms with Crippen molar-refractivity contribution in [1.82, 2.24) is 0 Å². The summed E-state index contributed by atoms with van der Waals surface area (Å²) in [6.07, 6.45) is 0.978. The van der Waals surface area contributed by atoms with Crippen molar-refractivity contribution in [2.75, 3.05) is 13.2 Å². The van der Waals surface area contributed by atoms with Gasteiger partial charge in [0.2, 0.25) is 0 Å². The number of alkyl halides is 1. The molecule has 15 rings (SSSR count). The molecule has 0 amide bonds. The normalized spacial score (nSPS) is 57.2. The summed E-state index contributed by atoms with van der Waals surface area (Å²) < 4.78 is 102. The number of ether oxygens (including phenoxy) is 15. The van der Waals surface area contributed by atoms with Crippen LogP contribution in [0.2, 0.25) is 0 Å². The van der Waals surface area contributed by atoms with E-state index in [1.807, 2.05) is 0 Å². The van der Waals surface area contributed by atoms with E-state index in [0.717, 1.165) is 24.0 Å². The molecule has 3 unspecified atom stereocenters. The van der Waals surface area contributed by atoms with E-state index >= 15 is 0 Å². The van der Waals surface area contributed by atoms with E-state index in [1.54, 1.807) is 0 Å². The highest BCUT2D eigenvalue weighted by Crippen LogP contribution is 2.55. The minimum atomic E-state index is -1.03. The third-order valence-corrected chi connectivity index (χ3v) is 22.6. The molecule has 0 aromatic carbocycles. The summed E-state index contributed by atoms with van der Waals surface area (Å²) in [5.41, 5.74) is 15.6. The van der Waals surface area contributed by atoms with Crippen molar-refractivity contribution in [3.05, 3.63) is 24.3 Å². The van der Waals surface area contributed by atoms with E-state index in [9.17, 15) is 20.1 Å². The summed E-state index contributed by atoms with van der Waals surface area (Å²) >= 11 is 2.38. The van der Waals surface area contributed by atoms with Crippen molar-refractivity contribution in [2.45, 2.75) is 302 Å². The summed E-state index contributed by atoms with van der Waals surface area (Å²) in [6, 6.07) is -0.658. The van der Waals surface area contributed by atoms with Crippen molar-refractivity contribution < 1.29 is 91.2 Å². The molecule has 22 heteroatoms. The van der Waals surface area contributed by atoms with Crippen LogP contribution in [0.5, 0.6) is 0 Å². The molecule has 31 atom stereocenters. The number of halogens is 1. The molecule has 21 nitrogen and oxygen atoms in total. The van der Waals surface area contributed by atoms with Crippen molar-refractivity contribution in [1.29, 1.82) is 0 Å². The molecule has 440 valence electrons. The topological polar surface area (TPSA) is 268 Å². The van der Waals surface area contributed by atoms with Crippen molar-refractivity contribution in [3.8, 4) is 0 Å². The maximum absolute atomic E-state index is 14.4. The fraction of sp³-hybridized carbons (Fsp3) is 0.912. The van der Waals surface area contributed by atoms with E-state index in [-0.39, 0.29) is 139 Å². The lowest BCUT2D eigenvalue weighted by atomic mass is 9.82. The Morgan fingerprint density at radius 1 is 0.557 bits per heavy atom. The van der Waals surface area contributed by atoms with Crippen LogP contribution in [0.1, 0.15) is 122 Å². The number of nitrogens with two attached hydrogens (primary N) is 2. The molecule has 3 spiro atoms. The van der Waals surface area contributed by atoms with Gasteiger partial charge in [-0.15, -0.1) is 0 Å². The van der Waals surface area contributed by atoms with Gasteiger partial charge in [0, 0.05) is 82.2 Å². The Kier molecular flexibility index (Phi) is 14.4. The first-order chi connectivity index (χ1) is 38.1. The Morgan fingerprint density at radius 2 is 1.25 bits per heavy atom. The standard InChI is InChI=1S/C57H81IN2O19/c1-24-11-28-7-9-56-19-32(62)51(78-56)53-48(58)54(79-56)52-36(72-53)6-4-27(68-52)13-47(64)71-41-15-39-40(69-38(41)14-37-25(2)30(59)12-26(67-37)3-5-34(24)66-28)16-42-45(70-39)20-57(75-42)21-46-35(74-57)8-10-55(77-46)18-31(60)50-44(76-55)17-43-49(73-50)29(23-65-43)33(63)22-61/h26-46,48-54,61-63H,1-23,59-60H2/t26-,27+,28-,29+,30+,31-,32+,33-,34-,35-,36-,37+,38-,39?,40-,41+,42+,43+,44-,45?,46-,48+,49+,50-,51?,52-,53+,54+,55-,56-,57-/m0/s1. The largest absolute Gasteiger partial charge is 0.459 e. The SMILES string of the molecule is C=C1C[C@@H]2CC[C@]34C[C@@H](O)C(O3)[C@@H]3O[C@H]5CC[C@H](CC(=O)O[C@@H]6CC7OC8C[C@@]9(C[C@@H]%10O[C@@]%11(CC[C@@H]%10O9)C[C@H](N)[C@@H]9O[C@@H]%10[C@@H]([C@@H](O)CO)CO[C@@H]%10C[C@@H]9O%11)O[C@@H]8C[C@@H]7O[C@H]6C[C@H]6O[C@@H](CC[C@@H]1O2)C[C@@H](N)C6=C)O[C@@H]5[C@H](O4)[C@@H]3I. The number of fused-ring (bicyclic) bond motifs is 14. The minimum absolute atomic E-state index is 0.0401. The molecule has 0 aliphatic carbocycles. The predicted octanol–water partition coefficient (Wildman–Crippen LogP) is 2.48. The number of esters is 1. The molecule has 0 aromatic heterocycles. The zero-order valence-electron chi connectivity index (χ0n) is 44.8. The molecule has 10 bridgehead atoms. The van der Waals surface area contributed by atoms with Crippen LogP contribution in [-0.2, 0) is 75.8 Å². The van der Waals surface area contributed by atoms with Gasteiger partial charge in [-0.3, -0.25) is 4.79 Å². The van der Waals surface area contributed by atoms with Crippen LogP contribution < -0.4 is 11.5 Å². The second kappa shape index (κ2) is 20.8. The van der Waals surface area contributed by atoms with E-state index < -0.39 is 66.2 Å². The molecule has 15 aliphatic rings. The third-order valence-electron chi connectivity index (χ3n) is 21.2. The van der Waals surface area contributed by atoms with Crippen LogP contribution in [0.25, 0.3) is 0 Å². The fourth-order valence-corrected chi connectivity index (χ4v) is 18.4. The van der Waals surface area contributed by atoms with Crippen LogP contribution in [-0.4, -0.2) is 214 Å². The molecule has 15 heterocycles. The molecule has 0 saturated carbocycles. The number of rotatable bonds is 2. The Morgan fingerprint density at radius 3 is 2.11 bits per heavy atom. The molecule has 15 fully saturated rings. The van der Waals surface area contributed by atoms with Crippen LogP contribution in [0.15, 0.2) is 24.3 Å². The second-order valence-electron chi connectivity index (χ2n) is 26.3. The van der Waals surface area contributed by atoms with Gasteiger partial charge in [0.25, 0.3) is 0 Å². The molecule has 0 radical (unpaired) electrons. The van der Waals surface area contributed by atoms with Gasteiger partial charge in [0.1, 0.15) is 30.5 Å². The lowest BCUT2D eigenvalue weighted by molar-refractivity contribution is -0.356. The predicted molar refractivity (Wildman–Crippen MR) is 280 cm³/mol. The average Bonchev–Trinajstić information content (AvgIpc) is 4.44. The summed E-state index contributed by atoms with van der Waals surface area (Å²) in [6.45, 7) is 8.85. The van der Waals surface area contributed by atoms with Crippen LogP contribution >= 0.6 is 22.6 Å². The quantitative estimate of drug-likeness (QED) is 0.115. The summed E-state index contributed by atoms with van der Waals surface area (Å²) in [4.78, 5) is 14.4. The Bertz CT molecular complexity index is 2340. The first-order valence-corrected chi connectivity index (χ1v) is 31.3. The highest BCUT2D eigenvalue weighted by molar-refractivity contribution is 14.1. The summed E-state index contributed by atoms with van der Waals surface area (Å²) in [5, 5.41) is 31.6. The molecule has 79 heavy (non-hydrogen) atoms. The van der Waals surface area contributed by atoms with E-state index in [2.05, 4.69) is 35.7 Å². The number of hydrogen-bond acceptors (Lipinski definition) is 21. The summed E-state index contributed by atoms with van der Waals surface area (Å²) in [7, 11) is 0. The first-order valence-electron chi connectivity index (χ1n) is 30.0. The highest BCUT2D eigenvalue weighted by Gasteiger charge is 2.66. The zero-order valence-corrected chi connectivity index (χ0v) is 47.0. The van der Waals surface area contributed by atoms with Crippen LogP contribution in [0.4, 0.5) is 0 Å². The highest BCUT2D eigenvalue weighted by atomic mass is 127. The van der Waals surface area contributed by atoms with Gasteiger partial charge in [-0.25, -0.2) is 0 Å². The van der Waals surface area contributed by atoms with Gasteiger partial charge in [0.15, 0.2) is 17.4 Å². The molecule has 15 saturated heterocycles. The van der Waals surface area contributed by atoms with Gasteiger partial charge in [0.05, 0.1) is 140 Å². The number of hydrogen-bond donors (Lipinski definition) is 5. The maximum atomic E-state index is 14.4. The average molecular weight is 1230 g/mol. The minimum Gasteiger partial charge on any atom is -0.459 e. The van der Waals surface area contributed by atoms with Crippen molar-refractivity contribution >= 4 is 28.6 Å². The molecule has 15 aliphatic heterocycles. The number of carbonyl (C=O) groups is 1. The van der Waals surface area contributed by atoms with Crippen LogP contribution in [0, 0.1) is 5.92 Å². The molecular formula is C57H81IN2O19. The number of carbonyl (C=O) groups excluding carboxylic acids is 1. The van der Waals surface area contributed by atoms with Crippen molar-refractivity contribution in [2.24, 2.45) is 17.4 Å². The molecular weight excluding hydrogens is 1140 g/mol. The van der Waals surface area contributed by atoms with Gasteiger partial charge in [-0.2, -0.15) is 0 Å². The lowest BCUT2D eigenvalue weighted by Gasteiger charge is -2.53. The van der Waals surface area contributed by atoms with E-state index in [1.165, 1.54) is 0 Å². The van der Waals surface area contributed by atoms with Gasteiger partial charge >= 0.3 is 5.97 Å².